The van der Waals surface area contributed by atoms with E-state index in [0.717, 1.165) is 31.4 Å². The normalized spacial score (nSPS) is 24.5. The first-order valence-corrected chi connectivity index (χ1v) is 10.9. The third-order valence-electron chi connectivity index (χ3n) is 4.74. The van der Waals surface area contributed by atoms with Crippen LogP contribution in [-0.4, -0.2) is 51.5 Å². The predicted molar refractivity (Wildman–Crippen MR) is 118 cm³/mol. The van der Waals surface area contributed by atoms with Crippen molar-refractivity contribution in [3.8, 4) is 0 Å². The highest BCUT2D eigenvalue weighted by atomic mass is 127. The summed E-state index contributed by atoms with van der Waals surface area (Å²) < 4.78 is 32.8. The van der Waals surface area contributed by atoms with Crippen LogP contribution in [0.25, 0.3) is 0 Å². The molecule has 0 spiro atoms. The molecule has 2 heterocycles. The minimum atomic E-state index is -3.36. The molecule has 2 bridgehead atoms. The zero-order valence-electron chi connectivity index (χ0n) is 15.6. The molecule has 9 heteroatoms. The lowest BCUT2D eigenvalue weighted by Gasteiger charge is -2.22. The zero-order valence-corrected chi connectivity index (χ0v) is 18.7. The molecular weight excluding hydrogens is 479 g/mol. The molecule has 2 aliphatic heterocycles. The summed E-state index contributed by atoms with van der Waals surface area (Å²) in [4.78, 5) is 4.42. The van der Waals surface area contributed by atoms with E-state index in [2.05, 4.69) is 20.3 Å². The molecule has 2 saturated heterocycles. The number of hydrogen-bond donors (Lipinski definition) is 3. The topological polar surface area (TPSA) is 91.8 Å². The second kappa shape index (κ2) is 10.6. The van der Waals surface area contributed by atoms with E-state index in [1.54, 1.807) is 0 Å². The Morgan fingerprint density at radius 2 is 2.04 bits per heavy atom. The number of aliphatic imine (C=N–C) groups is 1. The maximum absolute atomic E-state index is 12.2. The smallest absolute Gasteiger partial charge is 0.213 e. The van der Waals surface area contributed by atoms with Crippen LogP contribution in [0.2, 0.25) is 0 Å². The van der Waals surface area contributed by atoms with E-state index in [9.17, 15) is 8.42 Å². The third-order valence-corrected chi connectivity index (χ3v) is 6.05. The summed E-state index contributed by atoms with van der Waals surface area (Å²) in [7, 11) is -3.36. The second-order valence-electron chi connectivity index (χ2n) is 6.75. The van der Waals surface area contributed by atoms with Crippen molar-refractivity contribution in [3.05, 3.63) is 35.9 Å². The molecule has 3 unspecified atom stereocenters. The fraction of sp³-hybridized carbons (Fsp3) is 0.611. The Labute approximate surface area is 178 Å². The van der Waals surface area contributed by atoms with Gasteiger partial charge in [0.25, 0.3) is 0 Å². The summed E-state index contributed by atoms with van der Waals surface area (Å²) in [5, 5.41) is 6.57. The first-order valence-electron chi connectivity index (χ1n) is 9.27. The lowest BCUT2D eigenvalue weighted by molar-refractivity contribution is 0.0992. The number of halogens is 1. The first-order chi connectivity index (χ1) is 12.6. The first kappa shape index (κ1) is 22.4. The number of hydrogen-bond acceptors (Lipinski definition) is 4. The minimum absolute atomic E-state index is 0. The zero-order chi connectivity index (χ0) is 18.4. The number of fused-ring (bicyclic) bond motifs is 2. The van der Waals surface area contributed by atoms with Crippen molar-refractivity contribution >= 4 is 40.0 Å². The fourth-order valence-corrected chi connectivity index (χ4v) is 4.29. The maximum Gasteiger partial charge on any atom is 0.213 e. The highest BCUT2D eigenvalue weighted by Gasteiger charge is 2.41. The van der Waals surface area contributed by atoms with Gasteiger partial charge in [-0.3, -0.25) is 4.99 Å². The molecule has 3 rings (SSSR count). The summed E-state index contributed by atoms with van der Waals surface area (Å²) in [5.41, 5.74) is 0.936. The van der Waals surface area contributed by atoms with Crippen LogP contribution in [0.3, 0.4) is 0 Å². The number of sulfonamides is 1. The van der Waals surface area contributed by atoms with Gasteiger partial charge in [-0.1, -0.05) is 30.3 Å². The van der Waals surface area contributed by atoms with Gasteiger partial charge >= 0.3 is 0 Å². The van der Waals surface area contributed by atoms with Gasteiger partial charge in [0.15, 0.2) is 5.96 Å². The average Bonchev–Trinajstić information content (AvgIpc) is 3.24. The van der Waals surface area contributed by atoms with Gasteiger partial charge in [0.2, 0.25) is 10.0 Å². The minimum Gasteiger partial charge on any atom is -0.373 e. The third kappa shape index (κ3) is 6.88. The second-order valence-corrected chi connectivity index (χ2v) is 8.67. The van der Waals surface area contributed by atoms with Gasteiger partial charge in [0.1, 0.15) is 0 Å². The molecule has 1 aromatic carbocycles. The summed E-state index contributed by atoms with van der Waals surface area (Å²) >= 11 is 0. The maximum atomic E-state index is 12.2. The van der Waals surface area contributed by atoms with Crippen LogP contribution in [0.15, 0.2) is 35.3 Å². The molecule has 2 aliphatic rings. The van der Waals surface area contributed by atoms with Gasteiger partial charge < -0.3 is 15.4 Å². The van der Waals surface area contributed by atoms with Gasteiger partial charge in [-0.05, 0) is 31.7 Å². The summed E-state index contributed by atoms with van der Waals surface area (Å²) in [5.74, 6) is 0.621. The van der Waals surface area contributed by atoms with Crippen molar-refractivity contribution in [2.24, 2.45) is 4.99 Å². The largest absolute Gasteiger partial charge is 0.373 e. The lowest BCUT2D eigenvalue weighted by Crippen LogP contribution is -2.47. The van der Waals surface area contributed by atoms with Crippen LogP contribution in [0, 0.1) is 0 Å². The van der Waals surface area contributed by atoms with Crippen molar-refractivity contribution in [1.82, 2.24) is 15.4 Å². The highest BCUT2D eigenvalue weighted by molar-refractivity contribution is 14.0. The number of rotatable bonds is 8. The predicted octanol–water partition coefficient (Wildman–Crippen LogP) is 1.60. The van der Waals surface area contributed by atoms with Crippen molar-refractivity contribution < 1.29 is 13.2 Å². The van der Waals surface area contributed by atoms with Gasteiger partial charge in [-0.2, -0.15) is 0 Å². The van der Waals surface area contributed by atoms with Crippen LogP contribution in [0.4, 0.5) is 0 Å². The molecular formula is C18H29IN4O3S. The van der Waals surface area contributed by atoms with Gasteiger partial charge in [0.05, 0.1) is 30.5 Å². The van der Waals surface area contributed by atoms with Crippen LogP contribution in [0.5, 0.6) is 0 Å². The van der Waals surface area contributed by atoms with E-state index in [4.69, 9.17) is 4.74 Å². The van der Waals surface area contributed by atoms with E-state index in [1.807, 2.05) is 37.3 Å². The Bertz CT molecular complexity index is 715. The molecule has 152 valence electrons. The van der Waals surface area contributed by atoms with Crippen molar-refractivity contribution in [3.63, 3.8) is 0 Å². The standard InChI is InChI=1S/C18H28N4O3S.HI/c1-2-19-18(22-16-12-15-8-9-17(16)25-15)20-10-11-26(23,24)21-13-14-6-4-3-5-7-14;/h3-7,15-17,21H,2,8-13H2,1H3,(H2,19,20,22);1H. The van der Waals surface area contributed by atoms with Crippen LogP contribution < -0.4 is 15.4 Å². The van der Waals surface area contributed by atoms with Crippen LogP contribution in [-0.2, 0) is 21.3 Å². The Hall–Kier alpha value is -0.910. The molecule has 27 heavy (non-hydrogen) atoms. The Morgan fingerprint density at radius 3 is 2.67 bits per heavy atom. The number of nitrogens with one attached hydrogen (secondary N) is 3. The lowest BCUT2D eigenvalue weighted by atomic mass is 9.96. The SMILES string of the molecule is CCNC(=NCCS(=O)(=O)NCc1ccccc1)NC1CC2CCC1O2.I. The Balaban J connectivity index is 0.00000261. The Kier molecular flexibility index (Phi) is 8.77. The molecule has 7 nitrogen and oxygen atoms in total. The quantitative estimate of drug-likeness (QED) is 0.282. The van der Waals surface area contributed by atoms with Gasteiger partial charge in [0, 0.05) is 13.1 Å². The van der Waals surface area contributed by atoms with Crippen LogP contribution in [0.1, 0.15) is 31.7 Å². The number of ether oxygens (including phenoxy) is 1. The van der Waals surface area contributed by atoms with Crippen LogP contribution >= 0.6 is 24.0 Å². The molecule has 1 aromatic rings. The van der Waals surface area contributed by atoms with E-state index in [-0.39, 0.29) is 48.4 Å². The van der Waals surface area contributed by atoms with E-state index in [1.165, 1.54) is 0 Å². The van der Waals surface area contributed by atoms with E-state index in [0.29, 0.717) is 18.6 Å². The molecule has 3 N–H and O–H groups in total. The Morgan fingerprint density at radius 1 is 1.26 bits per heavy atom. The summed E-state index contributed by atoms with van der Waals surface area (Å²) in [6.45, 7) is 3.23. The van der Waals surface area contributed by atoms with E-state index >= 15 is 0 Å². The summed E-state index contributed by atoms with van der Waals surface area (Å²) in [6.07, 6.45) is 3.83. The highest BCUT2D eigenvalue weighted by Crippen LogP contribution is 2.34. The van der Waals surface area contributed by atoms with Crippen molar-refractivity contribution in [2.75, 3.05) is 18.8 Å². The number of benzene rings is 1. The molecule has 3 atom stereocenters. The molecule has 0 amide bonds. The molecule has 0 aromatic heterocycles. The average molecular weight is 508 g/mol. The molecule has 0 aliphatic carbocycles. The number of nitrogens with zero attached hydrogens (tertiary/aromatic N) is 1. The van der Waals surface area contributed by atoms with Gasteiger partial charge in [-0.25, -0.2) is 13.1 Å². The molecule has 0 radical (unpaired) electrons. The fourth-order valence-electron chi connectivity index (χ4n) is 3.42. The van der Waals surface area contributed by atoms with Crippen molar-refractivity contribution in [2.45, 2.75) is 51.0 Å². The molecule has 0 saturated carbocycles. The molecule has 2 fully saturated rings. The number of guanidine groups is 1. The monoisotopic (exact) mass is 508 g/mol. The summed E-state index contributed by atoms with van der Waals surface area (Å²) in [6, 6.07) is 9.74. The van der Waals surface area contributed by atoms with Crippen molar-refractivity contribution in [1.29, 1.82) is 0 Å². The van der Waals surface area contributed by atoms with Gasteiger partial charge in [-0.15, -0.1) is 24.0 Å². The van der Waals surface area contributed by atoms with E-state index < -0.39 is 10.0 Å².